The van der Waals surface area contributed by atoms with Crippen molar-refractivity contribution in [3.63, 3.8) is 0 Å². The first kappa shape index (κ1) is 21.5. The molecule has 0 atom stereocenters. The highest BCUT2D eigenvalue weighted by atomic mass is 32.1. The molecule has 0 saturated carbocycles. The number of carbonyl (C=O) groups is 1. The molecule has 0 amide bonds. The number of anilines is 1. The molecule has 1 fully saturated rings. The molecule has 0 aliphatic carbocycles. The van der Waals surface area contributed by atoms with Crippen molar-refractivity contribution in [1.29, 1.82) is 0 Å². The molecule has 1 N–H and O–H groups in total. The van der Waals surface area contributed by atoms with Crippen LogP contribution in [0, 0.1) is 0 Å². The Kier molecular flexibility index (Phi) is 7.80. The van der Waals surface area contributed by atoms with E-state index in [0.717, 1.165) is 49.0 Å². The fraction of sp³-hybridized carbons (Fsp3) is 0.364. The molecule has 0 spiro atoms. The van der Waals surface area contributed by atoms with E-state index < -0.39 is 0 Å². The second-order valence-corrected chi connectivity index (χ2v) is 8.35. The number of hydrogen-bond donors (Lipinski definition) is 1. The summed E-state index contributed by atoms with van der Waals surface area (Å²) in [5.74, 6) is -0.332. The highest BCUT2D eigenvalue weighted by Crippen LogP contribution is 2.29. The van der Waals surface area contributed by atoms with Gasteiger partial charge in [-0.3, -0.25) is 4.90 Å². The molecule has 29 heavy (non-hydrogen) atoms. The van der Waals surface area contributed by atoms with Crippen molar-refractivity contribution in [2.24, 2.45) is 0 Å². The Morgan fingerprint density at radius 1 is 1.24 bits per heavy atom. The van der Waals surface area contributed by atoms with E-state index in [9.17, 15) is 4.79 Å². The van der Waals surface area contributed by atoms with Crippen molar-refractivity contribution >= 4 is 45.7 Å². The number of thiocarbonyl (C=S) groups is 1. The number of nitrogens with one attached hydrogen (secondary N) is 1. The molecule has 0 unspecified atom stereocenters. The molecule has 1 saturated heterocycles. The van der Waals surface area contributed by atoms with Gasteiger partial charge >= 0.3 is 5.97 Å². The van der Waals surface area contributed by atoms with Crippen LogP contribution < -0.4 is 5.32 Å². The van der Waals surface area contributed by atoms with Crippen molar-refractivity contribution in [2.45, 2.75) is 13.3 Å². The molecular weight excluding hydrogens is 402 g/mol. The lowest BCUT2D eigenvalue weighted by Gasteiger charge is -2.35. The zero-order valence-electron chi connectivity index (χ0n) is 16.9. The van der Waals surface area contributed by atoms with Crippen LogP contribution in [0.2, 0.25) is 0 Å². The van der Waals surface area contributed by atoms with Gasteiger partial charge in [-0.1, -0.05) is 49.4 Å². The normalized spacial score (nSPS) is 14.9. The Morgan fingerprint density at radius 3 is 2.62 bits per heavy atom. The number of rotatable bonds is 6. The summed E-state index contributed by atoms with van der Waals surface area (Å²) in [6.07, 6.45) is 5.25. The zero-order valence-corrected chi connectivity index (χ0v) is 18.5. The second-order valence-electron chi connectivity index (χ2n) is 6.83. The van der Waals surface area contributed by atoms with Crippen molar-refractivity contribution in [1.82, 2.24) is 9.80 Å². The predicted molar refractivity (Wildman–Crippen MR) is 125 cm³/mol. The van der Waals surface area contributed by atoms with E-state index in [0.29, 0.717) is 10.7 Å². The van der Waals surface area contributed by atoms with E-state index in [1.165, 1.54) is 12.7 Å². The van der Waals surface area contributed by atoms with Crippen LogP contribution in [0.4, 0.5) is 5.00 Å². The first-order valence-corrected chi connectivity index (χ1v) is 11.0. The molecule has 1 aromatic carbocycles. The van der Waals surface area contributed by atoms with Gasteiger partial charge in [-0.15, -0.1) is 11.3 Å². The number of thiophene rings is 1. The summed E-state index contributed by atoms with van der Waals surface area (Å²) in [6, 6.07) is 12.2. The Labute approximate surface area is 182 Å². The monoisotopic (exact) mass is 429 g/mol. The van der Waals surface area contributed by atoms with Crippen LogP contribution in [0.3, 0.4) is 0 Å². The Bertz CT molecular complexity index is 856. The van der Waals surface area contributed by atoms with Crippen molar-refractivity contribution in [3.05, 3.63) is 58.5 Å². The third kappa shape index (κ3) is 5.88. The van der Waals surface area contributed by atoms with Crippen molar-refractivity contribution in [2.75, 3.05) is 45.2 Å². The highest BCUT2D eigenvalue weighted by Gasteiger charge is 2.21. The van der Waals surface area contributed by atoms with Crippen LogP contribution in [-0.4, -0.2) is 60.7 Å². The van der Waals surface area contributed by atoms with Crippen LogP contribution in [0.15, 0.2) is 42.5 Å². The maximum absolute atomic E-state index is 12.0. The second kappa shape index (κ2) is 10.5. The molecule has 154 valence electrons. The molecule has 1 aliphatic rings. The van der Waals surface area contributed by atoms with Crippen molar-refractivity contribution < 1.29 is 9.53 Å². The number of benzene rings is 1. The standard InChI is InChI=1S/C22H27N3O2S2/c1-3-18-16-19(21(26)27-2)20(29-18)23-22(28)25-14-12-24(13-15-25)11-7-10-17-8-5-4-6-9-17/h4-10,16H,3,11-15H2,1-2H3,(H,23,28)/b10-7+. The molecule has 5 nitrogen and oxygen atoms in total. The summed E-state index contributed by atoms with van der Waals surface area (Å²) >= 11 is 7.17. The van der Waals surface area contributed by atoms with Gasteiger partial charge in [0, 0.05) is 37.6 Å². The summed E-state index contributed by atoms with van der Waals surface area (Å²) in [6.45, 7) is 6.64. The minimum atomic E-state index is -0.332. The Hall–Kier alpha value is -2.22. The third-order valence-electron chi connectivity index (χ3n) is 4.89. The first-order chi connectivity index (χ1) is 14.1. The number of hydrogen-bond acceptors (Lipinski definition) is 5. The van der Waals surface area contributed by atoms with Gasteiger partial charge < -0.3 is 15.0 Å². The number of carbonyl (C=O) groups excluding carboxylic acids is 1. The van der Waals surface area contributed by atoms with Crippen molar-refractivity contribution in [3.8, 4) is 0 Å². The maximum atomic E-state index is 12.0. The SMILES string of the molecule is CCc1cc(C(=O)OC)c(NC(=S)N2CCN(C/C=C/c3ccccc3)CC2)s1. The predicted octanol–water partition coefficient (Wildman–Crippen LogP) is 4.12. The van der Waals surface area contributed by atoms with Crippen LogP contribution >= 0.6 is 23.6 Å². The maximum Gasteiger partial charge on any atom is 0.340 e. The minimum absolute atomic E-state index is 0.332. The van der Waals surface area contributed by atoms with Gasteiger partial charge in [0.2, 0.25) is 0 Å². The smallest absolute Gasteiger partial charge is 0.340 e. The zero-order chi connectivity index (χ0) is 20.6. The summed E-state index contributed by atoms with van der Waals surface area (Å²) in [7, 11) is 1.40. The van der Waals surface area contributed by atoms with Crippen LogP contribution in [0.1, 0.15) is 27.7 Å². The fourth-order valence-corrected chi connectivity index (χ4v) is 4.51. The molecule has 2 heterocycles. The van der Waals surface area contributed by atoms with Gasteiger partial charge in [-0.2, -0.15) is 0 Å². The molecule has 7 heteroatoms. The quantitative estimate of drug-likeness (QED) is 0.550. The molecule has 2 aromatic rings. The average molecular weight is 430 g/mol. The largest absolute Gasteiger partial charge is 0.465 e. The number of esters is 1. The van der Waals surface area contributed by atoms with E-state index in [1.807, 2.05) is 12.1 Å². The number of methoxy groups -OCH3 is 1. The molecule has 0 bridgehead atoms. The van der Waals surface area contributed by atoms with Gasteiger partial charge in [0.25, 0.3) is 0 Å². The Morgan fingerprint density at radius 2 is 1.97 bits per heavy atom. The summed E-state index contributed by atoms with van der Waals surface area (Å²) in [5, 5.41) is 4.71. The van der Waals surface area contributed by atoms with E-state index >= 15 is 0 Å². The number of ether oxygens (including phenoxy) is 1. The van der Waals surface area contributed by atoms with Gasteiger partial charge in [-0.25, -0.2) is 4.79 Å². The average Bonchev–Trinajstić information content (AvgIpc) is 3.17. The molecule has 1 aromatic heterocycles. The summed E-state index contributed by atoms with van der Waals surface area (Å²) in [4.78, 5) is 17.8. The van der Waals surface area contributed by atoms with E-state index in [1.54, 1.807) is 11.3 Å². The molecule has 3 rings (SSSR count). The number of aryl methyl sites for hydroxylation is 1. The summed E-state index contributed by atoms with van der Waals surface area (Å²) in [5.41, 5.74) is 1.78. The fourth-order valence-electron chi connectivity index (χ4n) is 3.18. The Balaban J connectivity index is 1.51. The van der Waals surface area contributed by atoms with Crippen LogP contribution in [0.25, 0.3) is 6.08 Å². The molecular formula is C22H27N3O2S2. The van der Waals surface area contributed by atoms with E-state index in [4.69, 9.17) is 17.0 Å². The van der Waals surface area contributed by atoms with E-state index in [2.05, 4.69) is 58.5 Å². The lowest BCUT2D eigenvalue weighted by molar-refractivity contribution is 0.0602. The number of piperazine rings is 1. The van der Waals surface area contributed by atoms with Gasteiger partial charge in [0.05, 0.1) is 12.7 Å². The molecule has 0 radical (unpaired) electrons. The lowest BCUT2D eigenvalue weighted by atomic mass is 10.2. The lowest BCUT2D eigenvalue weighted by Crippen LogP contribution is -2.49. The van der Waals surface area contributed by atoms with Crippen LogP contribution in [0.5, 0.6) is 0 Å². The van der Waals surface area contributed by atoms with Gasteiger partial charge in [-0.05, 0) is 30.3 Å². The van der Waals surface area contributed by atoms with Gasteiger partial charge in [0.15, 0.2) is 5.11 Å². The van der Waals surface area contributed by atoms with Crippen LogP contribution in [-0.2, 0) is 11.2 Å². The van der Waals surface area contributed by atoms with Gasteiger partial charge in [0.1, 0.15) is 5.00 Å². The minimum Gasteiger partial charge on any atom is -0.465 e. The third-order valence-corrected chi connectivity index (χ3v) is 6.45. The topological polar surface area (TPSA) is 44.8 Å². The molecule has 1 aliphatic heterocycles. The van der Waals surface area contributed by atoms with E-state index in [-0.39, 0.29) is 5.97 Å². The highest BCUT2D eigenvalue weighted by molar-refractivity contribution is 7.80. The first-order valence-electron chi connectivity index (χ1n) is 9.81. The summed E-state index contributed by atoms with van der Waals surface area (Å²) < 4.78 is 4.90. The number of nitrogens with zero attached hydrogens (tertiary/aromatic N) is 2.